The van der Waals surface area contributed by atoms with Gasteiger partial charge in [-0.2, -0.15) is 0 Å². The van der Waals surface area contributed by atoms with Gasteiger partial charge in [-0.15, -0.1) is 0 Å². The van der Waals surface area contributed by atoms with Crippen LogP contribution in [0.5, 0.6) is 0 Å². The molecule has 3 aromatic rings. The highest BCUT2D eigenvalue weighted by Crippen LogP contribution is 2.41. The lowest BCUT2D eigenvalue weighted by Crippen LogP contribution is -2.47. The predicted octanol–water partition coefficient (Wildman–Crippen LogP) is 4.84. The van der Waals surface area contributed by atoms with Crippen LogP contribution in [0.2, 0.25) is 0 Å². The van der Waals surface area contributed by atoms with Crippen LogP contribution in [-0.2, 0) is 0 Å². The largest absolute Gasteiger partial charge is 0.366 e. The van der Waals surface area contributed by atoms with Gasteiger partial charge < -0.3 is 15.1 Å². The number of amides is 1. The van der Waals surface area contributed by atoms with E-state index in [1.165, 1.54) is 5.56 Å². The molecule has 0 bridgehead atoms. The number of rotatable bonds is 7. The summed E-state index contributed by atoms with van der Waals surface area (Å²) in [6.45, 7) is 7.87. The molecule has 1 aliphatic heterocycles. The number of aromatic nitrogens is 3. The summed E-state index contributed by atoms with van der Waals surface area (Å²) in [5, 5.41) is 3.22. The SMILES string of the molecule is CCC(C)c1ccc(NC(=O)c2cccnc2C2CC2)c(N2CCN(c3cnccn3)CC2)c1. The third-order valence-corrected chi connectivity index (χ3v) is 6.99. The zero-order chi connectivity index (χ0) is 23.5. The molecular formula is C27H32N6O. The van der Waals surface area contributed by atoms with Crippen LogP contribution in [0.15, 0.2) is 55.1 Å². The van der Waals surface area contributed by atoms with Crippen molar-refractivity contribution in [1.82, 2.24) is 15.0 Å². The first-order valence-corrected chi connectivity index (χ1v) is 12.3. The molecule has 2 aromatic heterocycles. The summed E-state index contributed by atoms with van der Waals surface area (Å²) in [5.74, 6) is 1.71. The molecule has 1 aromatic carbocycles. The van der Waals surface area contributed by atoms with Crippen LogP contribution in [0.25, 0.3) is 0 Å². The van der Waals surface area contributed by atoms with Crippen molar-refractivity contribution in [2.45, 2.75) is 44.9 Å². The van der Waals surface area contributed by atoms with Crippen LogP contribution in [0.4, 0.5) is 17.2 Å². The van der Waals surface area contributed by atoms with E-state index in [4.69, 9.17) is 0 Å². The Hall–Kier alpha value is -3.48. The molecule has 0 spiro atoms. The Bertz CT molecular complexity index is 1140. The van der Waals surface area contributed by atoms with Crippen LogP contribution in [0.3, 0.4) is 0 Å². The smallest absolute Gasteiger partial charge is 0.257 e. The summed E-state index contributed by atoms with van der Waals surface area (Å²) in [7, 11) is 0. The maximum absolute atomic E-state index is 13.3. The Labute approximate surface area is 201 Å². The van der Waals surface area contributed by atoms with Gasteiger partial charge in [0.15, 0.2) is 0 Å². The average Bonchev–Trinajstić information content (AvgIpc) is 3.75. The monoisotopic (exact) mass is 456 g/mol. The Kier molecular flexibility index (Phi) is 6.43. The lowest BCUT2D eigenvalue weighted by atomic mass is 9.97. The Morgan fingerprint density at radius 3 is 2.56 bits per heavy atom. The lowest BCUT2D eigenvalue weighted by Gasteiger charge is -2.37. The minimum Gasteiger partial charge on any atom is -0.366 e. The topological polar surface area (TPSA) is 74.2 Å². The molecule has 1 N–H and O–H groups in total. The van der Waals surface area contributed by atoms with Crippen LogP contribution >= 0.6 is 0 Å². The van der Waals surface area contributed by atoms with Gasteiger partial charge in [-0.1, -0.05) is 19.9 Å². The first-order valence-electron chi connectivity index (χ1n) is 12.3. The highest BCUT2D eigenvalue weighted by Gasteiger charge is 2.30. The molecule has 34 heavy (non-hydrogen) atoms. The number of carbonyl (C=O) groups is 1. The molecule has 3 heterocycles. The number of piperazine rings is 1. The van der Waals surface area contributed by atoms with Gasteiger partial charge in [0, 0.05) is 50.7 Å². The molecule has 1 unspecified atom stereocenters. The maximum Gasteiger partial charge on any atom is 0.257 e. The molecule has 5 rings (SSSR count). The molecule has 2 fully saturated rings. The third kappa shape index (κ3) is 4.74. The van der Waals surface area contributed by atoms with Crippen LogP contribution < -0.4 is 15.1 Å². The number of pyridine rings is 1. The molecule has 176 valence electrons. The van der Waals surface area contributed by atoms with Gasteiger partial charge in [0.2, 0.25) is 0 Å². The van der Waals surface area contributed by atoms with Crippen molar-refractivity contribution in [3.8, 4) is 0 Å². The van der Waals surface area contributed by atoms with E-state index in [-0.39, 0.29) is 5.91 Å². The lowest BCUT2D eigenvalue weighted by molar-refractivity contribution is 0.102. The van der Waals surface area contributed by atoms with Gasteiger partial charge in [-0.25, -0.2) is 4.98 Å². The van der Waals surface area contributed by atoms with E-state index in [0.717, 1.165) is 68.3 Å². The Balaban J connectivity index is 1.39. The van der Waals surface area contributed by atoms with Crippen molar-refractivity contribution in [2.24, 2.45) is 0 Å². The molecular weight excluding hydrogens is 424 g/mol. The second-order valence-corrected chi connectivity index (χ2v) is 9.29. The van der Waals surface area contributed by atoms with Crippen molar-refractivity contribution >= 4 is 23.1 Å². The molecule has 1 saturated heterocycles. The molecule has 1 atom stereocenters. The third-order valence-electron chi connectivity index (χ3n) is 6.99. The van der Waals surface area contributed by atoms with Gasteiger partial charge in [0.05, 0.1) is 28.8 Å². The summed E-state index contributed by atoms with van der Waals surface area (Å²) in [6, 6.07) is 10.2. The molecule has 1 amide bonds. The Morgan fingerprint density at radius 2 is 1.85 bits per heavy atom. The fraction of sp³-hybridized carbons (Fsp3) is 0.407. The van der Waals surface area contributed by atoms with E-state index in [0.29, 0.717) is 17.4 Å². The number of nitrogens with one attached hydrogen (secondary N) is 1. The van der Waals surface area contributed by atoms with Gasteiger partial charge in [-0.3, -0.25) is 14.8 Å². The van der Waals surface area contributed by atoms with Crippen LogP contribution in [-0.4, -0.2) is 47.0 Å². The van der Waals surface area contributed by atoms with E-state index < -0.39 is 0 Å². The van der Waals surface area contributed by atoms with Gasteiger partial charge in [0.1, 0.15) is 5.82 Å². The van der Waals surface area contributed by atoms with Crippen molar-refractivity contribution in [3.63, 3.8) is 0 Å². The highest BCUT2D eigenvalue weighted by molar-refractivity contribution is 6.06. The first-order chi connectivity index (χ1) is 16.6. The van der Waals surface area contributed by atoms with Crippen molar-refractivity contribution in [3.05, 3.63) is 71.9 Å². The van der Waals surface area contributed by atoms with E-state index in [9.17, 15) is 4.79 Å². The molecule has 1 aliphatic carbocycles. The number of carbonyl (C=O) groups excluding carboxylic acids is 1. The van der Waals surface area contributed by atoms with Crippen LogP contribution in [0.1, 0.15) is 66.6 Å². The number of benzene rings is 1. The van der Waals surface area contributed by atoms with E-state index in [1.807, 2.05) is 18.3 Å². The number of anilines is 3. The van der Waals surface area contributed by atoms with Crippen molar-refractivity contribution in [1.29, 1.82) is 0 Å². The van der Waals surface area contributed by atoms with Gasteiger partial charge in [0.25, 0.3) is 5.91 Å². The maximum atomic E-state index is 13.3. The van der Waals surface area contributed by atoms with E-state index >= 15 is 0 Å². The standard InChI is InChI=1S/C27H32N6O/c1-3-19(2)21-8-9-23(31-27(34)22-5-4-10-30-26(22)20-6-7-20)24(17-21)32-13-15-33(16-14-32)25-18-28-11-12-29-25/h4-5,8-12,17-20H,3,6-7,13-16H2,1-2H3,(H,31,34). The Morgan fingerprint density at radius 1 is 1.06 bits per heavy atom. The van der Waals surface area contributed by atoms with Crippen molar-refractivity contribution < 1.29 is 4.79 Å². The zero-order valence-electron chi connectivity index (χ0n) is 19.9. The summed E-state index contributed by atoms with van der Waals surface area (Å²) in [6.07, 6.45) is 10.3. The minimum atomic E-state index is -0.0780. The molecule has 1 saturated carbocycles. The molecule has 2 aliphatic rings. The summed E-state index contributed by atoms with van der Waals surface area (Å²) >= 11 is 0. The summed E-state index contributed by atoms with van der Waals surface area (Å²) in [4.78, 5) is 31.1. The second kappa shape index (κ2) is 9.79. The molecule has 7 nitrogen and oxygen atoms in total. The van der Waals surface area contributed by atoms with Crippen molar-refractivity contribution in [2.75, 3.05) is 41.3 Å². The number of nitrogens with zero attached hydrogens (tertiary/aromatic N) is 5. The van der Waals surface area contributed by atoms with E-state index in [2.05, 4.69) is 62.1 Å². The highest BCUT2D eigenvalue weighted by atomic mass is 16.1. The average molecular weight is 457 g/mol. The van der Waals surface area contributed by atoms with Crippen LogP contribution in [0, 0.1) is 0 Å². The molecule has 7 heteroatoms. The number of hydrogen-bond donors (Lipinski definition) is 1. The molecule has 0 radical (unpaired) electrons. The fourth-order valence-electron chi connectivity index (χ4n) is 4.57. The second-order valence-electron chi connectivity index (χ2n) is 9.29. The normalized spacial score (nSPS) is 16.9. The minimum absolute atomic E-state index is 0.0780. The zero-order valence-corrected chi connectivity index (χ0v) is 19.9. The van der Waals surface area contributed by atoms with Gasteiger partial charge >= 0.3 is 0 Å². The summed E-state index contributed by atoms with van der Waals surface area (Å²) < 4.78 is 0. The quantitative estimate of drug-likeness (QED) is 0.548. The first kappa shape index (κ1) is 22.3. The van der Waals surface area contributed by atoms with E-state index in [1.54, 1.807) is 18.6 Å². The van der Waals surface area contributed by atoms with Gasteiger partial charge in [-0.05, 0) is 55.0 Å². The number of hydrogen-bond acceptors (Lipinski definition) is 6. The predicted molar refractivity (Wildman–Crippen MR) is 136 cm³/mol. The fourth-order valence-corrected chi connectivity index (χ4v) is 4.57. The summed E-state index contributed by atoms with van der Waals surface area (Å²) in [5.41, 5.74) is 4.86.